The molecule has 0 radical (unpaired) electrons. The summed E-state index contributed by atoms with van der Waals surface area (Å²) in [7, 11) is 0. The summed E-state index contributed by atoms with van der Waals surface area (Å²) in [5.74, 6) is 3.53. The highest BCUT2D eigenvalue weighted by Gasteiger charge is 2.23. The molecule has 8 nitrogen and oxygen atoms in total. The molecule has 1 unspecified atom stereocenters. The molecule has 2 heterocycles. The molecule has 30 heavy (non-hydrogen) atoms. The molecule has 0 spiro atoms. The van der Waals surface area contributed by atoms with E-state index in [0.29, 0.717) is 36.6 Å². The van der Waals surface area contributed by atoms with Crippen LogP contribution in [0.3, 0.4) is 0 Å². The molecule has 3 rings (SSSR count). The lowest BCUT2D eigenvalue weighted by molar-refractivity contribution is -0.116. The molecule has 164 valence electrons. The topological polar surface area (TPSA) is 92.3 Å². The van der Waals surface area contributed by atoms with Crippen LogP contribution in [-0.4, -0.2) is 81.2 Å². The van der Waals surface area contributed by atoms with Gasteiger partial charge in [-0.3, -0.25) is 9.69 Å². The first-order valence-electron chi connectivity index (χ1n) is 10.5. The van der Waals surface area contributed by atoms with E-state index in [2.05, 4.69) is 21.5 Å². The highest BCUT2D eigenvalue weighted by atomic mass is 16.5. The summed E-state index contributed by atoms with van der Waals surface area (Å²) < 4.78 is 16.7. The van der Waals surface area contributed by atoms with Gasteiger partial charge in [-0.15, -0.1) is 6.42 Å². The summed E-state index contributed by atoms with van der Waals surface area (Å²) in [6.07, 6.45) is 6.60. The lowest BCUT2D eigenvalue weighted by atomic mass is 10.0. The number of terminal acetylenes is 1. The number of hydrogen-bond acceptors (Lipinski definition) is 7. The van der Waals surface area contributed by atoms with E-state index in [0.717, 1.165) is 51.4 Å². The molecule has 2 aliphatic rings. The van der Waals surface area contributed by atoms with Gasteiger partial charge >= 0.3 is 0 Å². The Morgan fingerprint density at radius 3 is 2.87 bits per heavy atom. The molecule has 0 bridgehead atoms. The van der Waals surface area contributed by atoms with Gasteiger partial charge < -0.3 is 30.0 Å². The highest BCUT2D eigenvalue weighted by molar-refractivity contribution is 5.96. The maximum atomic E-state index is 11.8. The number of benzene rings is 1. The van der Waals surface area contributed by atoms with E-state index in [1.807, 2.05) is 0 Å². The van der Waals surface area contributed by atoms with Crippen LogP contribution in [0.5, 0.6) is 11.5 Å². The fourth-order valence-corrected chi connectivity index (χ4v) is 3.57. The summed E-state index contributed by atoms with van der Waals surface area (Å²) in [6, 6.07) is 3.53. The van der Waals surface area contributed by atoms with E-state index in [4.69, 9.17) is 20.6 Å². The Morgan fingerprint density at radius 2 is 2.07 bits per heavy atom. The van der Waals surface area contributed by atoms with Crippen LogP contribution >= 0.6 is 0 Å². The van der Waals surface area contributed by atoms with E-state index in [9.17, 15) is 9.90 Å². The van der Waals surface area contributed by atoms with Crippen molar-refractivity contribution in [3.8, 4) is 23.8 Å². The zero-order valence-electron chi connectivity index (χ0n) is 17.3. The first kappa shape index (κ1) is 22.4. The molecule has 0 aromatic heterocycles. The van der Waals surface area contributed by atoms with Gasteiger partial charge in [-0.1, -0.05) is 5.92 Å². The molecule has 1 fully saturated rings. The Kier molecular flexibility index (Phi) is 8.78. The van der Waals surface area contributed by atoms with Gasteiger partial charge in [0.15, 0.2) is 0 Å². The fourth-order valence-electron chi connectivity index (χ4n) is 3.57. The van der Waals surface area contributed by atoms with Gasteiger partial charge in [0, 0.05) is 31.6 Å². The molecule has 2 aliphatic heterocycles. The van der Waals surface area contributed by atoms with Crippen molar-refractivity contribution in [1.82, 2.24) is 10.2 Å². The molecule has 1 aromatic carbocycles. The molecular formula is C22H31N3O5. The van der Waals surface area contributed by atoms with E-state index in [1.165, 1.54) is 0 Å². The van der Waals surface area contributed by atoms with E-state index in [1.54, 1.807) is 12.1 Å². The van der Waals surface area contributed by atoms with Gasteiger partial charge in [-0.25, -0.2) is 0 Å². The summed E-state index contributed by atoms with van der Waals surface area (Å²) in [5, 5.41) is 16.4. The molecule has 8 heteroatoms. The Morgan fingerprint density at radius 1 is 1.27 bits per heavy atom. The second-order valence-corrected chi connectivity index (χ2v) is 7.43. The van der Waals surface area contributed by atoms with E-state index in [-0.39, 0.29) is 19.1 Å². The number of amides is 1. The molecule has 1 atom stereocenters. The molecule has 0 saturated carbocycles. The highest BCUT2D eigenvalue weighted by Crippen LogP contribution is 2.38. The van der Waals surface area contributed by atoms with Crippen LogP contribution in [0.2, 0.25) is 0 Å². The van der Waals surface area contributed by atoms with Crippen LogP contribution in [-0.2, 0) is 16.0 Å². The second-order valence-electron chi connectivity index (χ2n) is 7.43. The molecule has 1 amide bonds. The van der Waals surface area contributed by atoms with Crippen molar-refractivity contribution in [3.63, 3.8) is 0 Å². The average Bonchev–Trinajstić information content (AvgIpc) is 2.77. The third kappa shape index (κ3) is 6.61. The van der Waals surface area contributed by atoms with Crippen LogP contribution in [0.25, 0.3) is 0 Å². The van der Waals surface area contributed by atoms with Crippen LogP contribution in [0, 0.1) is 12.3 Å². The van der Waals surface area contributed by atoms with Gasteiger partial charge in [0.2, 0.25) is 5.91 Å². The molecule has 1 saturated heterocycles. The summed E-state index contributed by atoms with van der Waals surface area (Å²) in [5.41, 5.74) is 1.48. The first-order valence-corrected chi connectivity index (χ1v) is 10.5. The van der Waals surface area contributed by atoms with Gasteiger partial charge in [-0.05, 0) is 38.1 Å². The zero-order valence-corrected chi connectivity index (χ0v) is 17.3. The van der Waals surface area contributed by atoms with Crippen molar-refractivity contribution < 1.29 is 24.1 Å². The third-order valence-corrected chi connectivity index (χ3v) is 5.15. The van der Waals surface area contributed by atoms with Gasteiger partial charge in [0.25, 0.3) is 0 Å². The monoisotopic (exact) mass is 417 g/mol. The Labute approximate surface area is 177 Å². The van der Waals surface area contributed by atoms with Gasteiger partial charge in [0.05, 0.1) is 18.9 Å². The number of fused-ring (bicyclic) bond motifs is 1. The number of rotatable bonds is 11. The summed E-state index contributed by atoms with van der Waals surface area (Å²) in [6.45, 7) is 6.25. The first-order chi connectivity index (χ1) is 14.7. The number of morpholine rings is 1. The second kappa shape index (κ2) is 11.8. The number of hydrogen-bond donors (Lipinski definition) is 3. The maximum Gasteiger partial charge on any atom is 0.224 e. The number of ether oxygens (including phenoxy) is 3. The van der Waals surface area contributed by atoms with Gasteiger partial charge in [0.1, 0.15) is 30.8 Å². The minimum atomic E-state index is -0.625. The molecule has 3 N–H and O–H groups in total. The van der Waals surface area contributed by atoms with Crippen molar-refractivity contribution in [2.45, 2.75) is 25.4 Å². The largest absolute Gasteiger partial charge is 0.490 e. The van der Waals surface area contributed by atoms with Crippen LogP contribution in [0.4, 0.5) is 5.69 Å². The number of aliphatic hydroxyl groups is 1. The quantitative estimate of drug-likeness (QED) is 0.359. The normalized spacial score (nSPS) is 17.5. The van der Waals surface area contributed by atoms with Crippen molar-refractivity contribution in [3.05, 3.63) is 17.7 Å². The van der Waals surface area contributed by atoms with E-state index >= 15 is 0 Å². The van der Waals surface area contributed by atoms with Crippen LogP contribution in [0.1, 0.15) is 18.4 Å². The Hall–Kier alpha value is -2.31. The predicted octanol–water partition coefficient (Wildman–Crippen LogP) is 0.635. The number of nitrogens with zero attached hydrogens (tertiary/aromatic N) is 1. The lowest BCUT2D eigenvalue weighted by Crippen LogP contribution is -2.38. The molecular weight excluding hydrogens is 386 g/mol. The van der Waals surface area contributed by atoms with Crippen molar-refractivity contribution in [2.24, 2.45) is 0 Å². The number of aliphatic hydroxyl groups excluding tert-OH is 1. The van der Waals surface area contributed by atoms with Crippen molar-refractivity contribution in [2.75, 3.05) is 64.5 Å². The van der Waals surface area contributed by atoms with E-state index < -0.39 is 6.10 Å². The van der Waals surface area contributed by atoms with Gasteiger partial charge in [-0.2, -0.15) is 0 Å². The van der Waals surface area contributed by atoms with Crippen LogP contribution in [0.15, 0.2) is 12.1 Å². The smallest absolute Gasteiger partial charge is 0.224 e. The SMILES string of the molecule is C#CCOc1ccc(OCC(O)CNCCCN2CCOCC2)c2c1NC(=O)CC2. The molecule has 0 aliphatic carbocycles. The predicted molar refractivity (Wildman–Crippen MR) is 114 cm³/mol. The number of anilines is 1. The number of carbonyl (C=O) groups is 1. The number of nitrogens with one attached hydrogen (secondary N) is 2. The van der Waals surface area contributed by atoms with Crippen molar-refractivity contribution >= 4 is 11.6 Å². The van der Waals surface area contributed by atoms with Crippen molar-refractivity contribution in [1.29, 1.82) is 0 Å². The fraction of sp³-hybridized carbons (Fsp3) is 0.591. The Bertz CT molecular complexity index is 743. The number of carbonyl (C=O) groups excluding carboxylic acids is 1. The maximum absolute atomic E-state index is 11.8. The van der Waals surface area contributed by atoms with Crippen LogP contribution < -0.4 is 20.1 Å². The Balaban J connectivity index is 1.42. The average molecular weight is 418 g/mol. The minimum absolute atomic E-state index is 0.0634. The standard InChI is InChI=1S/C22H31N3O5/c1-2-12-29-20-6-5-19(18-4-7-21(27)24-22(18)20)30-16-17(26)15-23-8-3-9-25-10-13-28-14-11-25/h1,5-6,17,23,26H,3-4,7-16H2,(H,24,27). The third-order valence-electron chi connectivity index (χ3n) is 5.15. The molecule has 1 aromatic rings. The lowest BCUT2D eigenvalue weighted by Gasteiger charge is -2.26. The summed E-state index contributed by atoms with van der Waals surface area (Å²) in [4.78, 5) is 14.2. The minimum Gasteiger partial charge on any atom is -0.490 e. The zero-order chi connectivity index (χ0) is 21.2. The summed E-state index contributed by atoms with van der Waals surface area (Å²) >= 11 is 0.